The van der Waals surface area contributed by atoms with Gasteiger partial charge in [0.25, 0.3) is 0 Å². The van der Waals surface area contributed by atoms with Crippen LogP contribution >= 0.6 is 0 Å². The first-order valence-corrected chi connectivity index (χ1v) is 15.2. The van der Waals surface area contributed by atoms with E-state index < -0.39 is 17.4 Å². The molecule has 4 nitrogen and oxygen atoms in total. The SMILES string of the molecule is CC(C)C(CCCCCCCCCCCCCCCCCCCCCCC(=O)O)(C(=O)O)C(C)C. The monoisotopic (exact) mass is 496 g/mol. The quantitative estimate of drug-likeness (QED) is 0.117. The van der Waals surface area contributed by atoms with Gasteiger partial charge in [-0.2, -0.15) is 0 Å². The van der Waals surface area contributed by atoms with Gasteiger partial charge in [0.1, 0.15) is 0 Å². The summed E-state index contributed by atoms with van der Waals surface area (Å²) >= 11 is 0. The van der Waals surface area contributed by atoms with Crippen molar-refractivity contribution in [2.75, 3.05) is 0 Å². The number of aliphatic carboxylic acids is 2. The van der Waals surface area contributed by atoms with Gasteiger partial charge in [0.05, 0.1) is 5.41 Å². The molecule has 0 aliphatic heterocycles. The maximum atomic E-state index is 11.9. The van der Waals surface area contributed by atoms with Crippen LogP contribution in [0.4, 0.5) is 0 Å². The second-order valence-corrected chi connectivity index (χ2v) is 11.6. The van der Waals surface area contributed by atoms with Gasteiger partial charge in [-0.3, -0.25) is 9.59 Å². The summed E-state index contributed by atoms with van der Waals surface area (Å²) in [5.74, 6) is -0.915. The third-order valence-corrected chi connectivity index (χ3v) is 8.19. The Morgan fingerprint density at radius 2 is 0.743 bits per heavy atom. The zero-order valence-electron chi connectivity index (χ0n) is 23.9. The van der Waals surface area contributed by atoms with Crippen molar-refractivity contribution in [3.8, 4) is 0 Å². The number of rotatable bonds is 26. The fraction of sp³-hybridized carbons (Fsp3) is 0.935. The molecule has 0 spiro atoms. The van der Waals surface area contributed by atoms with E-state index in [9.17, 15) is 14.7 Å². The van der Waals surface area contributed by atoms with E-state index in [-0.39, 0.29) is 11.8 Å². The van der Waals surface area contributed by atoms with Crippen LogP contribution in [0.1, 0.15) is 169 Å². The van der Waals surface area contributed by atoms with Gasteiger partial charge in [0, 0.05) is 6.42 Å². The van der Waals surface area contributed by atoms with Crippen LogP contribution in [-0.4, -0.2) is 22.2 Å². The van der Waals surface area contributed by atoms with Gasteiger partial charge in [-0.15, -0.1) is 0 Å². The van der Waals surface area contributed by atoms with Crippen molar-refractivity contribution in [2.45, 2.75) is 169 Å². The van der Waals surface area contributed by atoms with Crippen molar-refractivity contribution in [3.05, 3.63) is 0 Å². The molecule has 0 aliphatic rings. The zero-order valence-corrected chi connectivity index (χ0v) is 23.9. The molecule has 0 aliphatic carbocycles. The van der Waals surface area contributed by atoms with Crippen LogP contribution in [0.2, 0.25) is 0 Å². The van der Waals surface area contributed by atoms with Crippen LogP contribution in [-0.2, 0) is 9.59 Å². The van der Waals surface area contributed by atoms with Crippen molar-refractivity contribution >= 4 is 11.9 Å². The normalized spacial score (nSPS) is 12.1. The number of carboxylic acid groups (broad SMARTS) is 2. The first-order valence-electron chi connectivity index (χ1n) is 15.2. The molecule has 208 valence electrons. The Morgan fingerprint density at radius 3 is 0.971 bits per heavy atom. The first kappa shape index (κ1) is 33.9. The van der Waals surface area contributed by atoms with Crippen molar-refractivity contribution in [1.29, 1.82) is 0 Å². The average molecular weight is 497 g/mol. The summed E-state index contributed by atoms with van der Waals surface area (Å²) in [4.78, 5) is 22.4. The van der Waals surface area contributed by atoms with Crippen LogP contribution < -0.4 is 0 Å². The van der Waals surface area contributed by atoms with Crippen LogP contribution in [0, 0.1) is 17.3 Å². The van der Waals surface area contributed by atoms with Crippen molar-refractivity contribution in [3.63, 3.8) is 0 Å². The van der Waals surface area contributed by atoms with Crippen LogP contribution in [0.3, 0.4) is 0 Å². The molecule has 0 unspecified atom stereocenters. The van der Waals surface area contributed by atoms with Gasteiger partial charge in [-0.1, -0.05) is 150 Å². The van der Waals surface area contributed by atoms with Gasteiger partial charge in [-0.05, 0) is 24.7 Å². The van der Waals surface area contributed by atoms with E-state index in [2.05, 4.69) is 27.7 Å². The number of unbranched alkanes of at least 4 members (excludes halogenated alkanes) is 19. The summed E-state index contributed by atoms with van der Waals surface area (Å²) < 4.78 is 0. The Kier molecular flexibility index (Phi) is 21.5. The summed E-state index contributed by atoms with van der Waals surface area (Å²) in [5.41, 5.74) is -0.564. The average Bonchev–Trinajstić information content (AvgIpc) is 2.78. The lowest BCUT2D eigenvalue weighted by Crippen LogP contribution is -2.41. The molecule has 0 bridgehead atoms. The van der Waals surface area contributed by atoms with Crippen molar-refractivity contribution in [1.82, 2.24) is 0 Å². The first-order chi connectivity index (χ1) is 16.7. The molecule has 0 aromatic heterocycles. The minimum Gasteiger partial charge on any atom is -0.481 e. The number of carboxylic acids is 2. The summed E-state index contributed by atoms with van der Waals surface area (Å²) in [6.07, 6.45) is 26.6. The smallest absolute Gasteiger partial charge is 0.310 e. The van der Waals surface area contributed by atoms with Gasteiger partial charge < -0.3 is 10.2 Å². The standard InChI is InChI=1S/C31H60O4/c1-27(2)31(28(3)4,30(34)35)26-24-22-20-18-16-14-12-10-8-6-5-7-9-11-13-15-17-19-21-23-25-29(32)33/h27-28H,5-26H2,1-4H3,(H,32,33)(H,34,35). The molecule has 0 radical (unpaired) electrons. The van der Waals surface area contributed by atoms with E-state index >= 15 is 0 Å². The molecule has 2 N–H and O–H groups in total. The maximum absolute atomic E-state index is 11.9. The van der Waals surface area contributed by atoms with E-state index in [0.29, 0.717) is 6.42 Å². The molecule has 0 aromatic carbocycles. The fourth-order valence-electron chi connectivity index (χ4n) is 5.72. The largest absolute Gasteiger partial charge is 0.481 e. The molecule has 0 fully saturated rings. The highest BCUT2D eigenvalue weighted by molar-refractivity contribution is 5.75. The molecule has 0 saturated heterocycles. The van der Waals surface area contributed by atoms with E-state index in [1.54, 1.807) is 0 Å². The molecule has 4 heteroatoms. The molecule has 0 heterocycles. The van der Waals surface area contributed by atoms with E-state index in [0.717, 1.165) is 25.7 Å². The summed E-state index contributed by atoms with van der Waals surface area (Å²) in [5, 5.41) is 18.4. The lowest BCUT2D eigenvalue weighted by molar-refractivity contribution is -0.156. The van der Waals surface area contributed by atoms with Crippen LogP contribution in [0.15, 0.2) is 0 Å². The van der Waals surface area contributed by atoms with E-state index in [1.807, 2.05) is 0 Å². The molecule has 0 atom stereocenters. The number of carbonyl (C=O) groups is 2. The molecule has 0 saturated carbocycles. The molecular weight excluding hydrogens is 436 g/mol. The second kappa shape index (κ2) is 22.2. The lowest BCUT2D eigenvalue weighted by Gasteiger charge is -2.37. The predicted molar refractivity (Wildman–Crippen MR) is 149 cm³/mol. The molecule has 0 rings (SSSR count). The van der Waals surface area contributed by atoms with Gasteiger partial charge >= 0.3 is 11.9 Å². The fourth-order valence-corrected chi connectivity index (χ4v) is 5.72. The Bertz CT molecular complexity index is 504. The highest BCUT2D eigenvalue weighted by atomic mass is 16.4. The lowest BCUT2D eigenvalue weighted by atomic mass is 9.66. The van der Waals surface area contributed by atoms with Crippen LogP contribution in [0.5, 0.6) is 0 Å². The summed E-state index contributed by atoms with van der Waals surface area (Å²) in [6.45, 7) is 8.25. The van der Waals surface area contributed by atoms with Crippen LogP contribution in [0.25, 0.3) is 0 Å². The second-order valence-electron chi connectivity index (χ2n) is 11.6. The van der Waals surface area contributed by atoms with Gasteiger partial charge in [0.2, 0.25) is 0 Å². The van der Waals surface area contributed by atoms with Crippen molar-refractivity contribution in [2.24, 2.45) is 17.3 Å². The van der Waals surface area contributed by atoms with Gasteiger partial charge in [-0.25, -0.2) is 0 Å². The molecule has 0 aromatic rings. The summed E-state index contributed by atoms with van der Waals surface area (Å²) in [7, 11) is 0. The Hall–Kier alpha value is -1.06. The Labute approximate surface area is 218 Å². The van der Waals surface area contributed by atoms with E-state index in [1.165, 1.54) is 109 Å². The number of hydrogen-bond donors (Lipinski definition) is 2. The maximum Gasteiger partial charge on any atom is 0.310 e. The highest BCUT2D eigenvalue weighted by Crippen LogP contribution is 2.41. The predicted octanol–water partition coefficient (Wildman–Crippen LogP) is 10.0. The minimum atomic E-state index is -0.664. The summed E-state index contributed by atoms with van der Waals surface area (Å²) in [6, 6.07) is 0. The van der Waals surface area contributed by atoms with Gasteiger partial charge in [0.15, 0.2) is 0 Å². The zero-order chi connectivity index (χ0) is 26.4. The Morgan fingerprint density at radius 1 is 0.486 bits per heavy atom. The third kappa shape index (κ3) is 17.1. The minimum absolute atomic E-state index is 0.180. The molecule has 35 heavy (non-hydrogen) atoms. The van der Waals surface area contributed by atoms with E-state index in [4.69, 9.17) is 5.11 Å². The molecule has 0 amide bonds. The third-order valence-electron chi connectivity index (χ3n) is 8.19. The van der Waals surface area contributed by atoms with Crippen molar-refractivity contribution < 1.29 is 19.8 Å². The topological polar surface area (TPSA) is 74.6 Å². The molecular formula is C31H60O4. The highest BCUT2D eigenvalue weighted by Gasteiger charge is 2.43. The number of hydrogen-bond acceptors (Lipinski definition) is 2. The Balaban J connectivity index is 3.39.